The van der Waals surface area contributed by atoms with E-state index in [1.807, 2.05) is 6.07 Å². The fourth-order valence-corrected chi connectivity index (χ4v) is 4.86. The summed E-state index contributed by atoms with van der Waals surface area (Å²) in [6, 6.07) is 10.3. The quantitative estimate of drug-likeness (QED) is 0.656. The molecule has 2 unspecified atom stereocenters. The van der Waals surface area contributed by atoms with Crippen molar-refractivity contribution in [2.75, 3.05) is 13.1 Å². The molecule has 1 aromatic rings. The molecule has 31 heavy (non-hydrogen) atoms. The lowest BCUT2D eigenvalue weighted by Gasteiger charge is -2.34. The Morgan fingerprint density at radius 2 is 1.68 bits per heavy atom. The zero-order valence-electron chi connectivity index (χ0n) is 19.6. The Bertz CT molecular complexity index is 692. The summed E-state index contributed by atoms with van der Waals surface area (Å²) in [7, 11) is 0. The normalized spacial score (nSPS) is 24.9. The zero-order chi connectivity index (χ0) is 22.2. The molecule has 1 aliphatic carbocycles. The molecule has 0 radical (unpaired) electrons. The van der Waals surface area contributed by atoms with E-state index >= 15 is 0 Å². The van der Waals surface area contributed by atoms with Gasteiger partial charge in [-0.3, -0.25) is 14.5 Å². The van der Waals surface area contributed by atoms with Crippen molar-refractivity contribution in [3.05, 3.63) is 35.9 Å². The number of hydrogen-bond donors (Lipinski definition) is 2. The monoisotopic (exact) mass is 427 g/mol. The maximum atomic E-state index is 13.1. The van der Waals surface area contributed by atoms with E-state index in [2.05, 4.69) is 60.6 Å². The summed E-state index contributed by atoms with van der Waals surface area (Å²) in [6.07, 6.45) is 6.90. The summed E-state index contributed by atoms with van der Waals surface area (Å²) >= 11 is 0. The standard InChI is InChI=1S/C26H41N3O2/c1-4-20(3)24(28-25(30)22-12-10-19(2)11-13-22)26(31)27-23-14-16-29(17-15-23)18-21-8-6-5-7-9-21/h5-9,19-20,22-24H,4,10-18H2,1-3H3,(H,27,31)(H,28,30). The van der Waals surface area contributed by atoms with Crippen LogP contribution in [0.5, 0.6) is 0 Å². The summed E-state index contributed by atoms with van der Waals surface area (Å²) in [6.45, 7) is 9.35. The highest BCUT2D eigenvalue weighted by molar-refractivity contribution is 5.88. The van der Waals surface area contributed by atoms with Crippen LogP contribution in [0.15, 0.2) is 30.3 Å². The lowest BCUT2D eigenvalue weighted by Crippen LogP contribution is -2.55. The molecule has 0 spiro atoms. The van der Waals surface area contributed by atoms with Gasteiger partial charge in [0.1, 0.15) is 6.04 Å². The van der Waals surface area contributed by atoms with Gasteiger partial charge in [0.05, 0.1) is 0 Å². The molecule has 1 aliphatic heterocycles. The Labute approximate surface area is 188 Å². The fourth-order valence-electron chi connectivity index (χ4n) is 4.86. The number of nitrogens with one attached hydrogen (secondary N) is 2. The maximum absolute atomic E-state index is 13.1. The van der Waals surface area contributed by atoms with Crippen LogP contribution in [-0.2, 0) is 16.1 Å². The van der Waals surface area contributed by atoms with Gasteiger partial charge in [0.25, 0.3) is 0 Å². The van der Waals surface area contributed by atoms with Gasteiger partial charge in [-0.25, -0.2) is 0 Å². The molecule has 2 atom stereocenters. The van der Waals surface area contributed by atoms with Crippen LogP contribution < -0.4 is 10.6 Å². The highest BCUT2D eigenvalue weighted by Crippen LogP contribution is 2.28. The molecule has 2 N–H and O–H groups in total. The van der Waals surface area contributed by atoms with Gasteiger partial charge >= 0.3 is 0 Å². The molecule has 0 bridgehead atoms. The number of benzene rings is 1. The molecular formula is C26H41N3O2. The number of hydrogen-bond acceptors (Lipinski definition) is 3. The molecule has 2 amide bonds. The zero-order valence-corrected chi connectivity index (χ0v) is 19.6. The Hall–Kier alpha value is -1.88. The van der Waals surface area contributed by atoms with Gasteiger partial charge in [-0.15, -0.1) is 0 Å². The average Bonchev–Trinajstić information content (AvgIpc) is 2.79. The van der Waals surface area contributed by atoms with Crippen molar-refractivity contribution in [3.63, 3.8) is 0 Å². The minimum atomic E-state index is -0.431. The lowest BCUT2D eigenvalue weighted by molar-refractivity contribution is -0.133. The highest BCUT2D eigenvalue weighted by Gasteiger charge is 2.32. The Morgan fingerprint density at radius 1 is 1.03 bits per heavy atom. The SMILES string of the molecule is CCC(C)C(NC(=O)C1CCC(C)CC1)C(=O)NC1CCN(Cc2ccccc2)CC1. The number of carbonyl (C=O) groups excluding carboxylic acids is 2. The van der Waals surface area contributed by atoms with Crippen molar-refractivity contribution in [2.45, 2.75) is 84.3 Å². The largest absolute Gasteiger partial charge is 0.351 e. The van der Waals surface area contributed by atoms with Gasteiger partial charge < -0.3 is 10.6 Å². The van der Waals surface area contributed by atoms with Gasteiger partial charge in [-0.1, -0.05) is 57.5 Å². The van der Waals surface area contributed by atoms with E-state index < -0.39 is 6.04 Å². The number of amides is 2. The van der Waals surface area contributed by atoms with Crippen molar-refractivity contribution in [3.8, 4) is 0 Å². The third kappa shape index (κ3) is 7.06. The van der Waals surface area contributed by atoms with Crippen LogP contribution in [-0.4, -0.2) is 41.9 Å². The van der Waals surface area contributed by atoms with Crippen LogP contribution in [0.4, 0.5) is 0 Å². The highest BCUT2D eigenvalue weighted by atomic mass is 16.2. The number of carbonyl (C=O) groups is 2. The van der Waals surface area contributed by atoms with E-state index in [0.717, 1.165) is 64.6 Å². The van der Waals surface area contributed by atoms with Gasteiger partial charge in [-0.05, 0) is 55.9 Å². The van der Waals surface area contributed by atoms with Crippen molar-refractivity contribution < 1.29 is 9.59 Å². The summed E-state index contributed by atoms with van der Waals surface area (Å²) in [5, 5.41) is 6.38. The molecule has 172 valence electrons. The molecule has 2 aliphatic rings. The number of likely N-dealkylation sites (tertiary alicyclic amines) is 1. The molecule has 3 rings (SSSR count). The van der Waals surface area contributed by atoms with Gasteiger partial charge in [0.15, 0.2) is 0 Å². The molecule has 2 fully saturated rings. The molecule has 1 heterocycles. The maximum Gasteiger partial charge on any atom is 0.243 e. The van der Waals surface area contributed by atoms with Crippen LogP contribution in [0, 0.1) is 17.8 Å². The van der Waals surface area contributed by atoms with Crippen LogP contribution in [0.1, 0.15) is 71.3 Å². The predicted molar refractivity (Wildman–Crippen MR) is 125 cm³/mol. The van der Waals surface area contributed by atoms with Crippen LogP contribution in [0.3, 0.4) is 0 Å². The fraction of sp³-hybridized carbons (Fsp3) is 0.692. The first-order valence-electron chi connectivity index (χ1n) is 12.3. The third-order valence-corrected chi connectivity index (χ3v) is 7.36. The van der Waals surface area contributed by atoms with Gasteiger partial charge in [-0.2, -0.15) is 0 Å². The average molecular weight is 428 g/mol. The van der Waals surface area contributed by atoms with E-state index in [1.165, 1.54) is 5.56 Å². The topological polar surface area (TPSA) is 61.4 Å². The van der Waals surface area contributed by atoms with Gasteiger partial charge in [0.2, 0.25) is 11.8 Å². The Balaban J connectivity index is 1.48. The second kappa shape index (κ2) is 11.7. The van der Waals surface area contributed by atoms with Crippen molar-refractivity contribution >= 4 is 11.8 Å². The number of rotatable bonds is 8. The molecule has 5 nitrogen and oxygen atoms in total. The van der Waals surface area contributed by atoms with Crippen molar-refractivity contribution in [1.29, 1.82) is 0 Å². The molecular weight excluding hydrogens is 386 g/mol. The summed E-state index contributed by atoms with van der Waals surface area (Å²) in [5.74, 6) is 0.977. The van der Waals surface area contributed by atoms with Crippen molar-refractivity contribution in [2.24, 2.45) is 17.8 Å². The third-order valence-electron chi connectivity index (χ3n) is 7.36. The molecule has 1 saturated heterocycles. The Morgan fingerprint density at radius 3 is 2.29 bits per heavy atom. The first-order chi connectivity index (χ1) is 15.0. The van der Waals surface area contributed by atoms with Crippen LogP contribution in [0.25, 0.3) is 0 Å². The summed E-state index contributed by atoms with van der Waals surface area (Å²) in [4.78, 5) is 28.4. The van der Waals surface area contributed by atoms with E-state index in [4.69, 9.17) is 0 Å². The number of nitrogens with zero attached hydrogens (tertiary/aromatic N) is 1. The van der Waals surface area contributed by atoms with E-state index in [9.17, 15) is 9.59 Å². The lowest BCUT2D eigenvalue weighted by atomic mass is 9.82. The first-order valence-corrected chi connectivity index (χ1v) is 12.3. The molecule has 0 aromatic heterocycles. The second-order valence-electron chi connectivity index (χ2n) is 9.87. The molecule has 1 aromatic carbocycles. The van der Waals surface area contributed by atoms with Gasteiger partial charge in [0, 0.05) is 31.6 Å². The van der Waals surface area contributed by atoms with Crippen LogP contribution in [0.2, 0.25) is 0 Å². The molecule has 1 saturated carbocycles. The van der Waals surface area contributed by atoms with E-state index in [1.54, 1.807) is 0 Å². The van der Waals surface area contributed by atoms with Crippen LogP contribution >= 0.6 is 0 Å². The minimum absolute atomic E-state index is 0.00612. The predicted octanol–water partition coefficient (Wildman–Crippen LogP) is 4.12. The number of piperidine rings is 1. The summed E-state index contributed by atoms with van der Waals surface area (Å²) < 4.78 is 0. The minimum Gasteiger partial charge on any atom is -0.351 e. The second-order valence-corrected chi connectivity index (χ2v) is 9.87. The smallest absolute Gasteiger partial charge is 0.243 e. The Kier molecular flexibility index (Phi) is 8.94. The van der Waals surface area contributed by atoms with E-state index in [0.29, 0.717) is 5.92 Å². The van der Waals surface area contributed by atoms with Crippen molar-refractivity contribution in [1.82, 2.24) is 15.5 Å². The first kappa shape index (κ1) is 23.8. The summed E-state index contributed by atoms with van der Waals surface area (Å²) in [5.41, 5.74) is 1.33. The van der Waals surface area contributed by atoms with E-state index in [-0.39, 0.29) is 29.7 Å². The molecule has 5 heteroatoms.